The van der Waals surface area contributed by atoms with Crippen LogP contribution in [0.15, 0.2) is 72.8 Å². The van der Waals surface area contributed by atoms with E-state index in [1.165, 1.54) is 32.1 Å². The van der Waals surface area contributed by atoms with Gasteiger partial charge in [-0.25, -0.2) is 14.4 Å². The van der Waals surface area contributed by atoms with E-state index in [0.717, 1.165) is 36.9 Å². The zero-order valence-corrected chi connectivity index (χ0v) is 19.8. The van der Waals surface area contributed by atoms with Gasteiger partial charge < -0.3 is 15.5 Å². The van der Waals surface area contributed by atoms with E-state index in [1.807, 2.05) is 60.7 Å². The van der Waals surface area contributed by atoms with Crippen LogP contribution in [0.25, 0.3) is 0 Å². The predicted molar refractivity (Wildman–Crippen MR) is 135 cm³/mol. The van der Waals surface area contributed by atoms with Crippen molar-refractivity contribution in [2.45, 2.75) is 50.6 Å². The quantitative estimate of drug-likeness (QED) is 0.520. The predicted octanol–water partition coefficient (Wildman–Crippen LogP) is 4.65. The third-order valence-electron chi connectivity index (χ3n) is 6.24. The Morgan fingerprint density at radius 2 is 1.31 bits per heavy atom. The Balaban J connectivity index is 0.000000371. The smallest absolute Gasteiger partial charge is 0.328 e. The molecule has 1 atom stereocenters. The number of para-hydroxylation sites is 2. The Labute approximate surface area is 205 Å². The van der Waals surface area contributed by atoms with Gasteiger partial charge >= 0.3 is 18.0 Å². The Morgan fingerprint density at radius 3 is 1.80 bits per heavy atom. The SMILES string of the molecule is O=C(NC1CCN(C2CCCCC2)C1)N(c1ccccc1)c1ccccc1.O=C(O)/C=C/C(=O)O. The number of anilines is 2. The molecule has 4 rings (SSSR count). The topological polar surface area (TPSA) is 110 Å². The lowest BCUT2D eigenvalue weighted by molar-refractivity contribution is -0.134. The van der Waals surface area contributed by atoms with Gasteiger partial charge in [-0.05, 0) is 43.5 Å². The number of carbonyl (C=O) groups is 3. The standard InChI is InChI=1S/C23H29N3O.C4H4O4/c27-23(24-19-16-17-25(18-19)20-10-4-1-5-11-20)26(21-12-6-2-7-13-21)22-14-8-3-9-15-22;5-3(6)1-2-4(7)8/h2-3,6-9,12-15,19-20H,1,4-5,10-11,16-18H2,(H,24,27);1-2H,(H,5,6)(H,7,8)/b;2-1+. The molecule has 8 nitrogen and oxygen atoms in total. The summed E-state index contributed by atoms with van der Waals surface area (Å²) in [5, 5.41) is 18.9. The first-order valence-corrected chi connectivity index (χ1v) is 12.0. The molecule has 2 aromatic rings. The maximum atomic E-state index is 13.2. The van der Waals surface area contributed by atoms with Gasteiger partial charge in [-0.3, -0.25) is 9.80 Å². The first-order valence-electron chi connectivity index (χ1n) is 12.0. The number of aliphatic carboxylic acids is 2. The van der Waals surface area contributed by atoms with Gasteiger partial charge in [0.2, 0.25) is 0 Å². The molecule has 2 fully saturated rings. The molecule has 3 N–H and O–H groups in total. The van der Waals surface area contributed by atoms with Gasteiger partial charge in [0.15, 0.2) is 0 Å². The van der Waals surface area contributed by atoms with E-state index in [-0.39, 0.29) is 12.1 Å². The zero-order chi connectivity index (χ0) is 25.0. The van der Waals surface area contributed by atoms with Crippen LogP contribution in [0.3, 0.4) is 0 Å². The molecule has 0 bridgehead atoms. The fraction of sp³-hybridized carbons (Fsp3) is 0.370. The second kappa shape index (κ2) is 13.3. The van der Waals surface area contributed by atoms with Crippen LogP contribution in [-0.4, -0.2) is 58.3 Å². The summed E-state index contributed by atoms with van der Waals surface area (Å²) >= 11 is 0. The summed E-state index contributed by atoms with van der Waals surface area (Å²) in [6.07, 6.45) is 8.89. The van der Waals surface area contributed by atoms with Crippen molar-refractivity contribution in [3.05, 3.63) is 72.8 Å². The highest BCUT2D eigenvalue weighted by Gasteiger charge is 2.31. The molecule has 8 heteroatoms. The Kier molecular flexibility index (Phi) is 9.86. The molecule has 35 heavy (non-hydrogen) atoms. The number of nitrogens with zero attached hydrogens (tertiary/aromatic N) is 2. The van der Waals surface area contributed by atoms with Crippen molar-refractivity contribution in [1.82, 2.24) is 10.2 Å². The average molecular weight is 480 g/mol. The molecule has 1 saturated carbocycles. The van der Waals surface area contributed by atoms with Crippen LogP contribution in [0.4, 0.5) is 16.2 Å². The number of likely N-dealkylation sites (tertiary alicyclic amines) is 1. The lowest BCUT2D eigenvalue weighted by atomic mass is 9.94. The molecule has 1 unspecified atom stereocenters. The number of nitrogens with one attached hydrogen (secondary N) is 1. The van der Waals surface area contributed by atoms with Crippen LogP contribution in [0.5, 0.6) is 0 Å². The van der Waals surface area contributed by atoms with Crippen LogP contribution in [0.1, 0.15) is 38.5 Å². The Hall–Kier alpha value is -3.65. The highest BCUT2D eigenvalue weighted by molar-refractivity contribution is 5.99. The minimum Gasteiger partial charge on any atom is -0.478 e. The van der Waals surface area contributed by atoms with E-state index in [1.54, 1.807) is 4.90 Å². The van der Waals surface area contributed by atoms with Crippen molar-refractivity contribution < 1.29 is 24.6 Å². The van der Waals surface area contributed by atoms with Crippen LogP contribution in [0.2, 0.25) is 0 Å². The van der Waals surface area contributed by atoms with Crippen molar-refractivity contribution in [2.24, 2.45) is 0 Å². The van der Waals surface area contributed by atoms with Crippen LogP contribution in [0, 0.1) is 0 Å². The van der Waals surface area contributed by atoms with Crippen molar-refractivity contribution in [1.29, 1.82) is 0 Å². The number of hydrogen-bond acceptors (Lipinski definition) is 4. The second-order valence-corrected chi connectivity index (χ2v) is 8.74. The van der Waals surface area contributed by atoms with Crippen molar-refractivity contribution >= 4 is 29.3 Å². The number of benzene rings is 2. The Bertz CT molecular complexity index is 935. The molecule has 1 aliphatic carbocycles. The third kappa shape index (κ3) is 8.26. The number of urea groups is 1. The summed E-state index contributed by atoms with van der Waals surface area (Å²) < 4.78 is 0. The number of carbonyl (C=O) groups excluding carboxylic acids is 1. The first-order chi connectivity index (χ1) is 16.9. The van der Waals surface area contributed by atoms with Gasteiger partial charge in [0.1, 0.15) is 0 Å². The van der Waals surface area contributed by atoms with E-state index < -0.39 is 11.9 Å². The molecule has 186 valence electrons. The van der Waals surface area contributed by atoms with Crippen molar-refractivity contribution in [2.75, 3.05) is 18.0 Å². The maximum absolute atomic E-state index is 13.2. The zero-order valence-electron chi connectivity index (χ0n) is 19.8. The number of carboxylic acid groups (broad SMARTS) is 2. The van der Waals surface area contributed by atoms with E-state index in [0.29, 0.717) is 12.2 Å². The van der Waals surface area contributed by atoms with Gasteiger partial charge in [-0.1, -0.05) is 55.7 Å². The summed E-state index contributed by atoms with van der Waals surface area (Å²) in [5.74, 6) is -2.51. The molecule has 2 aromatic carbocycles. The highest BCUT2D eigenvalue weighted by Crippen LogP contribution is 2.27. The van der Waals surface area contributed by atoms with Gasteiger partial charge in [-0.15, -0.1) is 0 Å². The van der Waals surface area contributed by atoms with Crippen LogP contribution < -0.4 is 10.2 Å². The van der Waals surface area contributed by atoms with E-state index in [4.69, 9.17) is 10.2 Å². The minimum atomic E-state index is -1.26. The number of amides is 2. The molecule has 0 aromatic heterocycles. The molecular formula is C27H33N3O5. The number of carboxylic acids is 2. The van der Waals surface area contributed by atoms with E-state index >= 15 is 0 Å². The van der Waals surface area contributed by atoms with Gasteiger partial charge in [0.05, 0.1) is 11.4 Å². The maximum Gasteiger partial charge on any atom is 0.328 e. The minimum absolute atomic E-state index is 0.0390. The summed E-state index contributed by atoms with van der Waals surface area (Å²) in [6.45, 7) is 2.08. The summed E-state index contributed by atoms with van der Waals surface area (Å²) in [5.41, 5.74) is 1.78. The Morgan fingerprint density at radius 1 is 0.800 bits per heavy atom. The average Bonchev–Trinajstić information content (AvgIpc) is 3.34. The van der Waals surface area contributed by atoms with Crippen molar-refractivity contribution in [3.8, 4) is 0 Å². The molecule has 1 saturated heterocycles. The molecule has 2 amide bonds. The van der Waals surface area contributed by atoms with Gasteiger partial charge in [-0.2, -0.15) is 0 Å². The highest BCUT2D eigenvalue weighted by atomic mass is 16.4. The monoisotopic (exact) mass is 479 g/mol. The largest absolute Gasteiger partial charge is 0.478 e. The molecule has 1 heterocycles. The summed E-state index contributed by atoms with van der Waals surface area (Å²) in [6, 6.07) is 20.7. The molecule has 2 aliphatic rings. The molecule has 0 spiro atoms. The fourth-order valence-electron chi connectivity index (χ4n) is 4.60. The summed E-state index contributed by atoms with van der Waals surface area (Å²) in [7, 11) is 0. The fourth-order valence-corrected chi connectivity index (χ4v) is 4.60. The van der Waals surface area contributed by atoms with Crippen LogP contribution in [-0.2, 0) is 9.59 Å². The van der Waals surface area contributed by atoms with Gasteiger partial charge in [0.25, 0.3) is 0 Å². The normalized spacial score (nSPS) is 18.5. The lowest BCUT2D eigenvalue weighted by Crippen LogP contribution is -2.45. The summed E-state index contributed by atoms with van der Waals surface area (Å²) in [4.78, 5) is 36.7. The number of rotatable bonds is 6. The molecular weight excluding hydrogens is 446 g/mol. The lowest BCUT2D eigenvalue weighted by Gasteiger charge is -2.31. The first kappa shape index (κ1) is 26.0. The molecule has 0 radical (unpaired) electrons. The molecule has 1 aliphatic heterocycles. The van der Waals surface area contributed by atoms with E-state index in [9.17, 15) is 14.4 Å². The number of hydrogen-bond donors (Lipinski definition) is 3. The van der Waals surface area contributed by atoms with Gasteiger partial charge in [0, 0.05) is 37.3 Å². The third-order valence-corrected chi connectivity index (χ3v) is 6.24. The van der Waals surface area contributed by atoms with Crippen LogP contribution >= 0.6 is 0 Å². The van der Waals surface area contributed by atoms with Crippen molar-refractivity contribution in [3.63, 3.8) is 0 Å². The van der Waals surface area contributed by atoms with E-state index in [2.05, 4.69) is 10.2 Å². The second-order valence-electron chi connectivity index (χ2n) is 8.74.